The molecule has 0 saturated carbocycles. The Bertz CT molecular complexity index is 1330. The van der Waals surface area contributed by atoms with Gasteiger partial charge in [-0.25, -0.2) is 0 Å². The molecule has 9 heteroatoms. The molecule has 3 aromatic rings. The van der Waals surface area contributed by atoms with Crippen LogP contribution in [0.2, 0.25) is 20.1 Å². The van der Waals surface area contributed by atoms with E-state index in [1.54, 1.807) is 41.3 Å². The molecule has 3 aromatic carbocycles. The van der Waals surface area contributed by atoms with E-state index in [1.165, 1.54) is 0 Å². The largest absolute Gasteiger partial charge is 0.410 e. The molecule has 0 radical (unpaired) electrons. The van der Waals surface area contributed by atoms with E-state index in [1.807, 2.05) is 42.5 Å². The molecule has 1 heterocycles. The minimum absolute atomic E-state index is 0.194. The van der Waals surface area contributed by atoms with Crippen molar-refractivity contribution in [2.75, 3.05) is 13.1 Å². The van der Waals surface area contributed by atoms with Crippen molar-refractivity contribution in [2.24, 2.45) is 10.9 Å². The molecule has 37 heavy (non-hydrogen) atoms. The van der Waals surface area contributed by atoms with Crippen molar-refractivity contribution in [2.45, 2.75) is 12.5 Å². The lowest BCUT2D eigenvalue weighted by atomic mass is 9.92. The van der Waals surface area contributed by atoms with E-state index in [0.717, 1.165) is 16.7 Å². The fourth-order valence-corrected chi connectivity index (χ4v) is 4.75. The zero-order chi connectivity index (χ0) is 26.5. The SMILES string of the molecule is N[C@H](Cc1ccccc1)C(=O)N1C/C(=C\c2ccc(Cl)c(Cl)c2)C(=NO)/C(=C/c2ccc(Cl)c(Cl)c2)C1. The summed E-state index contributed by atoms with van der Waals surface area (Å²) >= 11 is 24.6. The average molecular weight is 575 g/mol. The molecule has 1 amide bonds. The summed E-state index contributed by atoms with van der Waals surface area (Å²) in [5.74, 6) is -0.221. The average Bonchev–Trinajstić information content (AvgIpc) is 2.88. The molecule has 0 aliphatic carbocycles. The van der Waals surface area contributed by atoms with Crippen LogP contribution >= 0.6 is 46.4 Å². The monoisotopic (exact) mass is 573 g/mol. The van der Waals surface area contributed by atoms with Gasteiger partial charge in [0.25, 0.3) is 0 Å². The predicted octanol–water partition coefficient (Wildman–Crippen LogP) is 7.01. The molecular formula is C28H23Cl4N3O2. The molecule has 1 atom stereocenters. The second-order valence-corrected chi connectivity index (χ2v) is 10.3. The molecule has 0 bridgehead atoms. The number of carbonyl (C=O) groups is 1. The number of nitrogens with two attached hydrogens (primary N) is 1. The van der Waals surface area contributed by atoms with Crippen LogP contribution < -0.4 is 5.73 Å². The molecule has 4 rings (SSSR count). The van der Waals surface area contributed by atoms with Crippen LogP contribution in [0.25, 0.3) is 12.2 Å². The van der Waals surface area contributed by atoms with Gasteiger partial charge in [0.15, 0.2) is 0 Å². The lowest BCUT2D eigenvalue weighted by Crippen LogP contribution is -2.49. The van der Waals surface area contributed by atoms with Crippen LogP contribution in [0.4, 0.5) is 0 Å². The Morgan fingerprint density at radius 3 is 1.84 bits per heavy atom. The third kappa shape index (κ3) is 6.75. The van der Waals surface area contributed by atoms with Crippen molar-refractivity contribution >= 4 is 70.2 Å². The second-order valence-electron chi connectivity index (χ2n) is 8.63. The van der Waals surface area contributed by atoms with Gasteiger partial charge in [-0.3, -0.25) is 4.79 Å². The molecule has 0 aromatic heterocycles. The Kier molecular flexibility index (Phi) is 8.95. The minimum atomic E-state index is -0.743. The Labute approximate surface area is 235 Å². The van der Waals surface area contributed by atoms with Crippen LogP contribution in [-0.4, -0.2) is 40.9 Å². The lowest BCUT2D eigenvalue weighted by Gasteiger charge is -2.33. The smallest absolute Gasteiger partial charge is 0.240 e. The number of nitrogens with zero attached hydrogens (tertiary/aromatic N) is 2. The number of carbonyl (C=O) groups excluding carboxylic acids is 1. The molecule has 1 aliphatic heterocycles. The number of oxime groups is 1. The van der Waals surface area contributed by atoms with Crippen molar-refractivity contribution in [1.29, 1.82) is 0 Å². The Morgan fingerprint density at radius 1 is 0.865 bits per heavy atom. The van der Waals surface area contributed by atoms with Crippen molar-refractivity contribution in [1.82, 2.24) is 4.90 Å². The number of rotatable bonds is 5. The van der Waals surface area contributed by atoms with Crippen LogP contribution in [0.1, 0.15) is 16.7 Å². The molecule has 1 fully saturated rings. The maximum Gasteiger partial charge on any atom is 0.240 e. The van der Waals surface area contributed by atoms with E-state index in [-0.39, 0.29) is 19.0 Å². The number of piperidine rings is 1. The van der Waals surface area contributed by atoms with Gasteiger partial charge >= 0.3 is 0 Å². The van der Waals surface area contributed by atoms with Crippen LogP contribution in [-0.2, 0) is 11.2 Å². The van der Waals surface area contributed by atoms with E-state index in [2.05, 4.69) is 5.16 Å². The van der Waals surface area contributed by atoms with Gasteiger partial charge in [0.05, 0.1) is 26.1 Å². The van der Waals surface area contributed by atoms with Gasteiger partial charge in [-0.15, -0.1) is 0 Å². The fourth-order valence-electron chi connectivity index (χ4n) is 4.13. The Balaban J connectivity index is 1.72. The number of hydrogen-bond acceptors (Lipinski definition) is 4. The van der Waals surface area contributed by atoms with Gasteiger partial charge in [-0.2, -0.15) is 0 Å². The van der Waals surface area contributed by atoms with E-state index >= 15 is 0 Å². The predicted molar refractivity (Wildman–Crippen MR) is 153 cm³/mol. The summed E-state index contributed by atoms with van der Waals surface area (Å²) in [4.78, 5) is 15.1. The molecule has 0 unspecified atom stereocenters. The molecule has 0 spiro atoms. The first kappa shape index (κ1) is 27.2. The van der Waals surface area contributed by atoms with E-state index < -0.39 is 6.04 Å². The van der Waals surface area contributed by atoms with E-state index in [4.69, 9.17) is 52.1 Å². The summed E-state index contributed by atoms with van der Waals surface area (Å²) in [7, 11) is 0. The number of benzene rings is 3. The maximum atomic E-state index is 13.5. The summed E-state index contributed by atoms with van der Waals surface area (Å²) in [6, 6.07) is 19.2. The summed E-state index contributed by atoms with van der Waals surface area (Å²) in [5.41, 5.74) is 10.4. The molecule has 3 N–H and O–H groups in total. The molecule has 190 valence electrons. The van der Waals surface area contributed by atoms with E-state index in [0.29, 0.717) is 43.4 Å². The number of halogens is 4. The first-order valence-electron chi connectivity index (χ1n) is 11.4. The first-order chi connectivity index (χ1) is 17.7. The van der Waals surface area contributed by atoms with Crippen molar-refractivity contribution in [3.8, 4) is 0 Å². The topological polar surface area (TPSA) is 78.9 Å². The highest BCUT2D eigenvalue weighted by Gasteiger charge is 2.31. The number of likely N-dealkylation sites (tertiary alicyclic amines) is 1. The van der Waals surface area contributed by atoms with Crippen LogP contribution in [0.15, 0.2) is 83.0 Å². The van der Waals surface area contributed by atoms with Gasteiger partial charge in [-0.1, -0.05) is 94.0 Å². The van der Waals surface area contributed by atoms with Crippen LogP contribution in [0.3, 0.4) is 0 Å². The van der Waals surface area contributed by atoms with E-state index in [9.17, 15) is 10.0 Å². The summed E-state index contributed by atoms with van der Waals surface area (Å²) in [6.45, 7) is 0.388. The third-order valence-electron chi connectivity index (χ3n) is 5.93. The van der Waals surface area contributed by atoms with Crippen LogP contribution in [0, 0.1) is 0 Å². The summed E-state index contributed by atoms with van der Waals surface area (Å²) in [5, 5.41) is 15.2. The highest BCUT2D eigenvalue weighted by atomic mass is 35.5. The Morgan fingerprint density at radius 2 is 1.38 bits per heavy atom. The standard InChI is InChI=1S/C28H23Cl4N3O2/c29-22-8-6-18(12-24(22)31)10-20-15-35(28(36)26(33)14-17-4-2-1-3-5-17)16-21(27(20)34-37)11-19-7-9-23(30)25(32)13-19/h1-13,26,37H,14-16,33H2/b20-10+,21-11+/t26-/m1/s1. The second kappa shape index (κ2) is 12.2. The summed E-state index contributed by atoms with van der Waals surface area (Å²) < 4.78 is 0. The van der Waals surface area contributed by atoms with Gasteiger partial charge in [0, 0.05) is 24.2 Å². The first-order valence-corrected chi connectivity index (χ1v) is 12.9. The van der Waals surface area contributed by atoms with Crippen molar-refractivity contribution in [3.05, 3.63) is 115 Å². The minimum Gasteiger partial charge on any atom is -0.410 e. The van der Waals surface area contributed by atoms with Gasteiger partial charge in [0.2, 0.25) is 5.91 Å². The summed E-state index contributed by atoms with van der Waals surface area (Å²) in [6.07, 6.45) is 4.01. The zero-order valence-electron chi connectivity index (χ0n) is 19.5. The normalized spacial score (nSPS) is 16.8. The van der Waals surface area contributed by atoms with Gasteiger partial charge in [-0.05, 0) is 59.5 Å². The van der Waals surface area contributed by atoms with Crippen LogP contribution in [0.5, 0.6) is 0 Å². The fraction of sp³-hybridized carbons (Fsp3) is 0.143. The molecule has 5 nitrogen and oxygen atoms in total. The number of hydrogen-bond donors (Lipinski definition) is 2. The highest BCUT2D eigenvalue weighted by Crippen LogP contribution is 2.29. The highest BCUT2D eigenvalue weighted by molar-refractivity contribution is 6.42. The van der Waals surface area contributed by atoms with Crippen molar-refractivity contribution < 1.29 is 10.0 Å². The van der Waals surface area contributed by atoms with Gasteiger partial charge in [0.1, 0.15) is 5.71 Å². The zero-order valence-corrected chi connectivity index (χ0v) is 22.6. The molecule has 1 saturated heterocycles. The van der Waals surface area contributed by atoms with Crippen molar-refractivity contribution in [3.63, 3.8) is 0 Å². The Hall–Kier alpha value is -2.80. The molecule has 1 aliphatic rings. The quantitative estimate of drug-likeness (QED) is 0.254. The third-order valence-corrected chi connectivity index (χ3v) is 7.41. The van der Waals surface area contributed by atoms with Gasteiger partial charge < -0.3 is 15.8 Å². The maximum absolute atomic E-state index is 13.5. The lowest BCUT2D eigenvalue weighted by molar-refractivity contribution is -0.131. The number of amides is 1. The molecular weight excluding hydrogens is 552 g/mol.